The van der Waals surface area contributed by atoms with Crippen molar-refractivity contribution < 1.29 is 14.3 Å². The van der Waals surface area contributed by atoms with Crippen molar-refractivity contribution in [2.45, 2.75) is 18.5 Å². The van der Waals surface area contributed by atoms with Crippen molar-refractivity contribution in [1.29, 1.82) is 0 Å². The van der Waals surface area contributed by atoms with Gasteiger partial charge in [-0.3, -0.25) is 14.9 Å². The van der Waals surface area contributed by atoms with Crippen molar-refractivity contribution in [2.24, 2.45) is 0 Å². The molecule has 0 saturated carbocycles. The van der Waals surface area contributed by atoms with Gasteiger partial charge in [0.05, 0.1) is 5.88 Å². The highest BCUT2D eigenvalue weighted by Crippen LogP contribution is 2.32. The summed E-state index contributed by atoms with van der Waals surface area (Å²) in [5.41, 5.74) is 2.68. The van der Waals surface area contributed by atoms with E-state index in [4.69, 9.17) is 16.3 Å². The van der Waals surface area contributed by atoms with Crippen LogP contribution in [0.5, 0.6) is 0 Å². The Morgan fingerprint density at radius 3 is 2.91 bits per heavy atom. The zero-order valence-electron chi connectivity index (χ0n) is 12.5. The number of fused-ring (bicyclic) bond motifs is 3. The maximum absolute atomic E-state index is 12.2. The molecule has 1 aromatic carbocycles. The molecule has 0 bridgehead atoms. The summed E-state index contributed by atoms with van der Waals surface area (Å²) in [5.74, 6) is -0.699. The summed E-state index contributed by atoms with van der Waals surface area (Å²) in [6.45, 7) is 3.67. The van der Waals surface area contributed by atoms with Gasteiger partial charge in [-0.25, -0.2) is 0 Å². The Hall–Kier alpha value is -2.11. The van der Waals surface area contributed by atoms with E-state index in [2.05, 4.69) is 16.9 Å². The van der Waals surface area contributed by atoms with E-state index < -0.39 is 18.1 Å². The highest BCUT2D eigenvalue weighted by Gasteiger charge is 2.36. The second-order valence-corrected chi connectivity index (χ2v) is 5.71. The second-order valence-electron chi connectivity index (χ2n) is 5.44. The second kappa shape index (κ2) is 6.56. The minimum absolute atomic E-state index is 0.124. The highest BCUT2D eigenvalue weighted by molar-refractivity contribution is 6.28. The van der Waals surface area contributed by atoms with Gasteiger partial charge < -0.3 is 9.72 Å². The molecule has 23 heavy (non-hydrogen) atoms. The third-order valence-corrected chi connectivity index (χ3v) is 4.26. The first-order chi connectivity index (χ1) is 11.2. The molecule has 0 aliphatic carbocycles. The summed E-state index contributed by atoms with van der Waals surface area (Å²) in [6, 6.07) is 6.56. The van der Waals surface area contributed by atoms with Gasteiger partial charge in [0.25, 0.3) is 0 Å². The summed E-state index contributed by atoms with van der Waals surface area (Å²) in [6.07, 6.45) is 1.97. The number of alkyl halides is 1. The first-order valence-corrected chi connectivity index (χ1v) is 7.91. The van der Waals surface area contributed by atoms with Crippen molar-refractivity contribution in [1.82, 2.24) is 10.3 Å². The number of halogens is 1. The third-order valence-electron chi connectivity index (χ3n) is 3.99. The van der Waals surface area contributed by atoms with Crippen LogP contribution in [0.25, 0.3) is 10.9 Å². The lowest BCUT2D eigenvalue weighted by Gasteiger charge is -2.28. The van der Waals surface area contributed by atoms with E-state index in [0.717, 1.165) is 22.2 Å². The zero-order valence-corrected chi connectivity index (χ0v) is 13.2. The number of ketones is 1. The molecule has 2 N–H and O–H groups in total. The number of hydrogen-bond donors (Lipinski definition) is 2. The van der Waals surface area contributed by atoms with Crippen LogP contribution in [-0.4, -0.2) is 35.3 Å². The smallest absolute Gasteiger partial charge is 0.323 e. The van der Waals surface area contributed by atoms with Crippen molar-refractivity contribution in [3.8, 4) is 0 Å². The zero-order chi connectivity index (χ0) is 16.4. The largest absolute Gasteiger partial charge is 0.460 e. The van der Waals surface area contributed by atoms with Crippen molar-refractivity contribution in [3.63, 3.8) is 0 Å². The van der Waals surface area contributed by atoms with E-state index in [-0.39, 0.29) is 18.3 Å². The van der Waals surface area contributed by atoms with E-state index in [1.54, 1.807) is 0 Å². The van der Waals surface area contributed by atoms with Crippen LogP contribution >= 0.6 is 11.6 Å². The van der Waals surface area contributed by atoms with Crippen molar-refractivity contribution in [2.75, 3.05) is 12.5 Å². The summed E-state index contributed by atoms with van der Waals surface area (Å²) < 4.78 is 5.12. The number of nitrogens with one attached hydrogen (secondary N) is 2. The maximum atomic E-state index is 12.2. The molecule has 0 saturated heterocycles. The molecule has 1 aliphatic rings. The van der Waals surface area contributed by atoms with Gasteiger partial charge in [-0.1, -0.05) is 30.9 Å². The van der Waals surface area contributed by atoms with Gasteiger partial charge in [-0.2, -0.15) is 0 Å². The minimum atomic E-state index is -0.634. The topological polar surface area (TPSA) is 71.2 Å². The van der Waals surface area contributed by atoms with Gasteiger partial charge in [-0.05, 0) is 11.6 Å². The van der Waals surface area contributed by atoms with Crippen LogP contribution in [0.4, 0.5) is 0 Å². The van der Waals surface area contributed by atoms with E-state index in [0.29, 0.717) is 6.42 Å². The predicted octanol–water partition coefficient (Wildman–Crippen LogP) is 2.26. The van der Waals surface area contributed by atoms with E-state index in [1.807, 2.05) is 24.3 Å². The number of aromatic amines is 1. The van der Waals surface area contributed by atoms with Crippen LogP contribution in [0, 0.1) is 0 Å². The standard InChI is InChI=1S/C17H17ClN2O3/c1-2-7-23-17(22)13-8-11-10-5-3-4-6-12(10)19-15(11)16(20-13)14(21)9-18/h2-6,13,16,19-20H,1,7-9H2. The van der Waals surface area contributed by atoms with Crippen LogP contribution in [0.15, 0.2) is 36.9 Å². The Morgan fingerprint density at radius 1 is 1.39 bits per heavy atom. The molecule has 2 unspecified atom stereocenters. The molecule has 120 valence electrons. The number of carbonyl (C=O) groups is 2. The number of Topliss-reactive ketones (excluding diaryl/α,β-unsaturated/α-hetero) is 1. The Labute approximate surface area is 138 Å². The van der Waals surface area contributed by atoms with Crippen LogP contribution in [0.1, 0.15) is 17.3 Å². The van der Waals surface area contributed by atoms with E-state index in [1.165, 1.54) is 6.08 Å². The molecule has 0 fully saturated rings. The normalized spacial score (nSPS) is 20.0. The summed E-state index contributed by atoms with van der Waals surface area (Å²) in [4.78, 5) is 27.7. The van der Waals surface area contributed by atoms with Gasteiger partial charge in [-0.15, -0.1) is 11.6 Å². The number of benzene rings is 1. The van der Waals surface area contributed by atoms with Crippen LogP contribution in [-0.2, 0) is 20.7 Å². The average Bonchev–Trinajstić information content (AvgIpc) is 2.96. The number of esters is 1. The lowest BCUT2D eigenvalue weighted by molar-refractivity contribution is -0.145. The first kappa shape index (κ1) is 15.8. The Balaban J connectivity index is 2.01. The van der Waals surface area contributed by atoms with Crippen LogP contribution < -0.4 is 5.32 Å². The molecule has 1 aromatic heterocycles. The summed E-state index contributed by atoms with van der Waals surface area (Å²) in [7, 11) is 0. The van der Waals surface area contributed by atoms with Crippen LogP contribution in [0.3, 0.4) is 0 Å². The minimum Gasteiger partial charge on any atom is -0.460 e. The number of rotatable bonds is 5. The molecular weight excluding hydrogens is 316 g/mol. The van der Waals surface area contributed by atoms with Crippen LogP contribution in [0.2, 0.25) is 0 Å². The summed E-state index contributed by atoms with van der Waals surface area (Å²) in [5, 5.41) is 4.07. The number of para-hydroxylation sites is 1. The molecule has 3 rings (SSSR count). The molecular formula is C17H17ClN2O3. The molecule has 5 nitrogen and oxygen atoms in total. The average molecular weight is 333 g/mol. The quantitative estimate of drug-likeness (QED) is 0.500. The monoisotopic (exact) mass is 332 g/mol. The molecule has 0 amide bonds. The molecule has 2 heterocycles. The van der Waals surface area contributed by atoms with Gasteiger partial charge >= 0.3 is 5.97 Å². The molecule has 6 heteroatoms. The predicted molar refractivity (Wildman–Crippen MR) is 88.6 cm³/mol. The third kappa shape index (κ3) is 2.90. The fourth-order valence-electron chi connectivity index (χ4n) is 2.96. The number of hydrogen-bond acceptors (Lipinski definition) is 4. The number of carbonyl (C=O) groups excluding carboxylic acids is 2. The molecule has 2 atom stereocenters. The Kier molecular flexibility index (Phi) is 4.50. The fourth-order valence-corrected chi connectivity index (χ4v) is 3.11. The molecule has 2 aromatic rings. The number of ether oxygens (including phenoxy) is 1. The summed E-state index contributed by atoms with van der Waals surface area (Å²) >= 11 is 5.73. The van der Waals surface area contributed by atoms with Gasteiger partial charge in [0.2, 0.25) is 0 Å². The fraction of sp³-hybridized carbons (Fsp3) is 0.294. The van der Waals surface area contributed by atoms with Crippen molar-refractivity contribution in [3.05, 3.63) is 48.2 Å². The lowest BCUT2D eigenvalue weighted by atomic mass is 9.92. The number of H-pyrrole nitrogens is 1. The lowest BCUT2D eigenvalue weighted by Crippen LogP contribution is -2.48. The van der Waals surface area contributed by atoms with E-state index >= 15 is 0 Å². The number of aromatic nitrogens is 1. The Bertz CT molecular complexity index is 768. The molecule has 0 radical (unpaired) electrons. The highest BCUT2D eigenvalue weighted by atomic mass is 35.5. The molecule has 0 spiro atoms. The Morgan fingerprint density at radius 2 is 2.17 bits per heavy atom. The SMILES string of the molecule is C=CCOC(=O)C1Cc2c([nH]c3ccccc23)C(C(=O)CCl)N1. The van der Waals surface area contributed by atoms with Gasteiger partial charge in [0.15, 0.2) is 5.78 Å². The van der Waals surface area contributed by atoms with Crippen molar-refractivity contribution >= 4 is 34.3 Å². The van der Waals surface area contributed by atoms with Gasteiger partial charge in [0, 0.05) is 23.0 Å². The molecule has 1 aliphatic heterocycles. The first-order valence-electron chi connectivity index (χ1n) is 7.37. The van der Waals surface area contributed by atoms with E-state index in [9.17, 15) is 9.59 Å². The van der Waals surface area contributed by atoms with Gasteiger partial charge in [0.1, 0.15) is 18.7 Å². The maximum Gasteiger partial charge on any atom is 0.323 e.